The fourth-order valence-corrected chi connectivity index (χ4v) is 3.29. The number of hydrogen-bond donors (Lipinski definition) is 1. The molecule has 0 atom stereocenters. The Bertz CT molecular complexity index is 1130. The molecule has 0 spiro atoms. The highest BCUT2D eigenvalue weighted by Crippen LogP contribution is 2.23. The minimum absolute atomic E-state index is 0.134. The molecule has 7 heteroatoms. The van der Waals surface area contributed by atoms with Crippen LogP contribution in [0.5, 0.6) is 5.75 Å². The zero-order valence-corrected chi connectivity index (χ0v) is 18.3. The molecule has 0 aliphatic carbocycles. The van der Waals surface area contributed by atoms with E-state index in [0.717, 1.165) is 35.8 Å². The summed E-state index contributed by atoms with van der Waals surface area (Å²) >= 11 is 0. The molecular weight excluding hydrogens is 410 g/mol. The lowest BCUT2D eigenvalue weighted by Crippen LogP contribution is -2.24. The summed E-state index contributed by atoms with van der Waals surface area (Å²) in [6.07, 6.45) is 2.81. The topological polar surface area (TPSA) is 94.8 Å². The molecule has 0 radical (unpaired) electrons. The first-order valence-electron chi connectivity index (χ1n) is 10.6. The van der Waals surface area contributed by atoms with Crippen LogP contribution in [0.4, 0.5) is 0 Å². The van der Waals surface area contributed by atoms with E-state index in [1.54, 1.807) is 18.2 Å². The number of hydrogen-bond acceptors (Lipinski definition) is 6. The van der Waals surface area contributed by atoms with Gasteiger partial charge in [-0.1, -0.05) is 18.6 Å². The zero-order chi connectivity index (χ0) is 22.9. The summed E-state index contributed by atoms with van der Waals surface area (Å²) in [5.41, 5.74) is 2.45. The van der Waals surface area contributed by atoms with Gasteiger partial charge in [0.05, 0.1) is 7.11 Å². The third kappa shape index (κ3) is 6.44. The second kappa shape index (κ2) is 11.1. The lowest BCUT2D eigenvalue weighted by Gasteiger charge is -2.09. The van der Waals surface area contributed by atoms with Crippen LogP contribution in [0.25, 0.3) is 11.0 Å². The first kappa shape index (κ1) is 23.1. The normalized spacial score (nSPS) is 10.7. The maximum Gasteiger partial charge on any atom is 0.336 e. The van der Waals surface area contributed by atoms with Crippen LogP contribution in [0, 0.1) is 6.92 Å². The Morgan fingerprint density at radius 1 is 1.00 bits per heavy atom. The molecule has 0 bridgehead atoms. The fraction of sp³-hybridized carbons (Fsp3) is 0.320. The molecule has 3 rings (SSSR count). The summed E-state index contributed by atoms with van der Waals surface area (Å²) in [5.74, 6) is 0.256. The van der Waals surface area contributed by atoms with Crippen molar-refractivity contribution in [1.29, 1.82) is 0 Å². The van der Waals surface area contributed by atoms with Gasteiger partial charge in [0, 0.05) is 36.0 Å². The van der Waals surface area contributed by atoms with Gasteiger partial charge in [-0.05, 0) is 55.2 Å². The van der Waals surface area contributed by atoms with E-state index < -0.39 is 0 Å². The summed E-state index contributed by atoms with van der Waals surface area (Å²) in [4.78, 5) is 34.9. The largest absolute Gasteiger partial charge is 0.489 e. The van der Waals surface area contributed by atoms with Crippen molar-refractivity contribution in [1.82, 2.24) is 5.32 Å². The van der Waals surface area contributed by atoms with E-state index in [2.05, 4.69) is 10.1 Å². The molecule has 0 fully saturated rings. The molecule has 1 aromatic heterocycles. The van der Waals surface area contributed by atoms with Gasteiger partial charge in [0.1, 0.15) is 17.9 Å². The molecule has 1 heterocycles. The number of ether oxygens (including phenoxy) is 2. The van der Waals surface area contributed by atoms with Gasteiger partial charge < -0.3 is 19.2 Å². The van der Waals surface area contributed by atoms with Crippen LogP contribution in [0.2, 0.25) is 0 Å². The molecule has 2 aromatic carbocycles. The number of aryl methyl sites for hydroxylation is 1. The van der Waals surface area contributed by atoms with Crippen molar-refractivity contribution >= 4 is 22.8 Å². The van der Waals surface area contributed by atoms with Crippen molar-refractivity contribution in [2.24, 2.45) is 0 Å². The molecule has 0 aliphatic heterocycles. The van der Waals surface area contributed by atoms with Crippen LogP contribution in [0.3, 0.4) is 0 Å². The van der Waals surface area contributed by atoms with Crippen molar-refractivity contribution in [3.8, 4) is 5.75 Å². The van der Waals surface area contributed by atoms with Crippen LogP contribution < -0.4 is 15.7 Å². The molecule has 3 aromatic rings. The van der Waals surface area contributed by atoms with Crippen LogP contribution in [0.1, 0.15) is 47.2 Å². The summed E-state index contributed by atoms with van der Waals surface area (Å²) in [6.45, 7) is 2.74. The van der Waals surface area contributed by atoms with E-state index >= 15 is 0 Å². The van der Waals surface area contributed by atoms with Gasteiger partial charge in [-0.25, -0.2) is 4.79 Å². The van der Waals surface area contributed by atoms with E-state index in [4.69, 9.17) is 9.15 Å². The van der Waals surface area contributed by atoms with Crippen LogP contribution in [0.15, 0.2) is 57.7 Å². The summed E-state index contributed by atoms with van der Waals surface area (Å²) in [6, 6.07) is 14.1. The van der Waals surface area contributed by atoms with Crippen molar-refractivity contribution in [2.45, 2.75) is 39.2 Å². The van der Waals surface area contributed by atoms with Gasteiger partial charge in [-0.2, -0.15) is 0 Å². The third-order valence-electron chi connectivity index (χ3n) is 5.12. The standard InChI is InChI=1S/C25H27NO6/c1-17-14-24(28)32-22-15-20(11-12-21(17)22)31-16-18-7-9-19(10-8-18)25(29)26-13-5-3-4-6-23(27)30-2/h7-12,14-15H,3-6,13,16H2,1-2H3,(H,26,29). The molecule has 1 amide bonds. The Morgan fingerprint density at radius 3 is 2.53 bits per heavy atom. The number of benzene rings is 2. The Hall–Kier alpha value is -3.61. The number of rotatable bonds is 10. The first-order valence-corrected chi connectivity index (χ1v) is 10.6. The second-order valence-electron chi connectivity index (χ2n) is 7.53. The van der Waals surface area contributed by atoms with Gasteiger partial charge in [0.2, 0.25) is 0 Å². The summed E-state index contributed by atoms with van der Waals surface area (Å²) in [7, 11) is 1.38. The highest BCUT2D eigenvalue weighted by Gasteiger charge is 2.07. The lowest BCUT2D eigenvalue weighted by atomic mass is 10.1. The molecule has 168 valence electrons. The maximum atomic E-state index is 12.2. The molecule has 0 saturated heterocycles. The highest BCUT2D eigenvalue weighted by atomic mass is 16.5. The molecule has 0 saturated carbocycles. The van der Waals surface area contributed by atoms with Crippen molar-refractivity contribution in [3.63, 3.8) is 0 Å². The number of esters is 1. The number of carbonyl (C=O) groups excluding carboxylic acids is 2. The number of unbranched alkanes of at least 4 members (excludes halogenated alkanes) is 2. The van der Waals surface area contributed by atoms with Crippen molar-refractivity contribution < 1.29 is 23.5 Å². The Labute approximate surface area is 186 Å². The van der Waals surface area contributed by atoms with Gasteiger partial charge in [0.25, 0.3) is 5.91 Å². The van der Waals surface area contributed by atoms with Gasteiger partial charge in [0.15, 0.2) is 0 Å². The number of fused-ring (bicyclic) bond motifs is 1. The first-order chi connectivity index (χ1) is 15.5. The van der Waals surface area contributed by atoms with Gasteiger partial charge in [-0.3, -0.25) is 9.59 Å². The Balaban J connectivity index is 1.46. The van der Waals surface area contributed by atoms with Crippen molar-refractivity contribution in [3.05, 3.63) is 75.6 Å². The highest BCUT2D eigenvalue weighted by molar-refractivity contribution is 5.94. The average Bonchev–Trinajstić information content (AvgIpc) is 2.79. The van der Waals surface area contributed by atoms with E-state index in [1.165, 1.54) is 13.2 Å². The minimum atomic E-state index is -0.387. The fourth-order valence-electron chi connectivity index (χ4n) is 3.29. The van der Waals surface area contributed by atoms with Crippen molar-refractivity contribution in [2.75, 3.05) is 13.7 Å². The number of amides is 1. The monoisotopic (exact) mass is 437 g/mol. The molecule has 1 N–H and O–H groups in total. The summed E-state index contributed by atoms with van der Waals surface area (Å²) in [5, 5.41) is 3.75. The average molecular weight is 437 g/mol. The molecule has 7 nitrogen and oxygen atoms in total. The van der Waals surface area contributed by atoms with E-state index in [-0.39, 0.29) is 17.5 Å². The number of nitrogens with one attached hydrogen (secondary N) is 1. The zero-order valence-electron chi connectivity index (χ0n) is 18.3. The quantitative estimate of drug-likeness (QED) is 0.291. The van der Waals surface area contributed by atoms with Crippen LogP contribution >= 0.6 is 0 Å². The van der Waals surface area contributed by atoms with E-state index in [1.807, 2.05) is 31.2 Å². The Morgan fingerprint density at radius 2 is 1.78 bits per heavy atom. The SMILES string of the molecule is COC(=O)CCCCCNC(=O)c1ccc(COc2ccc3c(C)cc(=O)oc3c2)cc1. The molecule has 32 heavy (non-hydrogen) atoms. The van der Waals surface area contributed by atoms with Crippen LogP contribution in [-0.4, -0.2) is 25.5 Å². The number of carbonyl (C=O) groups is 2. The van der Waals surface area contributed by atoms with Crippen LogP contribution in [-0.2, 0) is 16.1 Å². The molecule has 0 unspecified atom stereocenters. The Kier molecular flexibility index (Phi) is 8.02. The third-order valence-corrected chi connectivity index (χ3v) is 5.12. The van der Waals surface area contributed by atoms with Gasteiger partial charge in [-0.15, -0.1) is 0 Å². The van der Waals surface area contributed by atoms with Gasteiger partial charge >= 0.3 is 11.6 Å². The smallest absolute Gasteiger partial charge is 0.336 e. The number of methoxy groups -OCH3 is 1. The predicted octanol–water partition coefficient (Wildman–Crippen LogP) is 4.14. The predicted molar refractivity (Wildman–Crippen MR) is 121 cm³/mol. The second-order valence-corrected chi connectivity index (χ2v) is 7.53. The maximum absolute atomic E-state index is 12.2. The minimum Gasteiger partial charge on any atom is -0.489 e. The molecular formula is C25H27NO6. The summed E-state index contributed by atoms with van der Waals surface area (Å²) < 4.78 is 15.7. The van der Waals surface area contributed by atoms with E-state index in [0.29, 0.717) is 36.5 Å². The van der Waals surface area contributed by atoms with E-state index in [9.17, 15) is 14.4 Å². The lowest BCUT2D eigenvalue weighted by molar-refractivity contribution is -0.140. The molecule has 0 aliphatic rings.